The molecule has 3 N–H and O–H groups in total. The Balaban J connectivity index is 0.000000823. The summed E-state index contributed by atoms with van der Waals surface area (Å²) in [5.41, 5.74) is 0.139. The summed E-state index contributed by atoms with van der Waals surface area (Å²) in [5.74, 6) is -2.05. The van der Waals surface area contributed by atoms with E-state index in [0.717, 1.165) is 18.0 Å². The van der Waals surface area contributed by atoms with E-state index < -0.39 is 11.9 Å². The fourth-order valence-corrected chi connectivity index (χ4v) is 1.51. The highest BCUT2D eigenvalue weighted by Crippen LogP contribution is 2.18. The number of rotatable bonds is 8. The number of carboxylic acids is 2. The lowest BCUT2D eigenvalue weighted by Gasteiger charge is -2.20. The molecule has 1 aromatic carbocycles. The first-order valence-corrected chi connectivity index (χ1v) is 7.71. The Morgan fingerprint density at radius 2 is 1.64 bits per heavy atom. The van der Waals surface area contributed by atoms with Gasteiger partial charge in [0.15, 0.2) is 0 Å². The summed E-state index contributed by atoms with van der Waals surface area (Å²) in [6.45, 7) is 9.09. The molecule has 0 aromatic heterocycles. The Morgan fingerprint density at radius 3 is 2.16 bits per heavy atom. The van der Waals surface area contributed by atoms with Gasteiger partial charge in [-0.2, -0.15) is 0 Å². The number of nitrogens with one attached hydrogen (secondary N) is 1. The number of aliphatic carboxylic acids is 2. The lowest BCUT2D eigenvalue weighted by Crippen LogP contribution is -2.38. The zero-order chi connectivity index (χ0) is 19.3. The van der Waals surface area contributed by atoms with Crippen molar-refractivity contribution < 1.29 is 34.0 Å². The molecular weight excluding hydrogens is 330 g/mol. The molecule has 8 nitrogen and oxygen atoms in total. The highest BCUT2D eigenvalue weighted by atomic mass is 16.5. The van der Waals surface area contributed by atoms with Gasteiger partial charge in [0.2, 0.25) is 0 Å². The first-order valence-electron chi connectivity index (χ1n) is 7.71. The molecule has 0 aliphatic heterocycles. The van der Waals surface area contributed by atoms with Crippen LogP contribution < -0.4 is 14.8 Å². The van der Waals surface area contributed by atoms with E-state index in [1.807, 2.05) is 24.3 Å². The molecule has 0 radical (unpaired) electrons. The molecule has 0 aliphatic carbocycles. The molecule has 0 unspecified atom stereocenters. The van der Waals surface area contributed by atoms with Gasteiger partial charge in [0.25, 0.3) is 0 Å². The van der Waals surface area contributed by atoms with E-state index in [4.69, 9.17) is 34.0 Å². The summed E-state index contributed by atoms with van der Waals surface area (Å²) >= 11 is 0. The van der Waals surface area contributed by atoms with Gasteiger partial charge in [-0.05, 0) is 32.9 Å². The second kappa shape index (κ2) is 12.1. The second-order valence-electron chi connectivity index (χ2n) is 5.93. The van der Waals surface area contributed by atoms with Gasteiger partial charge in [0, 0.05) is 18.2 Å². The zero-order valence-corrected chi connectivity index (χ0v) is 15.1. The van der Waals surface area contributed by atoms with Gasteiger partial charge in [-0.3, -0.25) is 0 Å². The van der Waals surface area contributed by atoms with Gasteiger partial charge < -0.3 is 29.7 Å². The van der Waals surface area contributed by atoms with Crippen LogP contribution in [-0.2, 0) is 14.3 Å². The molecule has 0 saturated heterocycles. The smallest absolute Gasteiger partial charge is 0.414 e. The molecule has 8 heteroatoms. The van der Waals surface area contributed by atoms with Crippen LogP contribution in [0.3, 0.4) is 0 Å². The van der Waals surface area contributed by atoms with Crippen molar-refractivity contribution in [1.29, 1.82) is 0 Å². The first-order chi connectivity index (χ1) is 11.7. The Labute approximate surface area is 147 Å². The molecule has 142 valence electrons. The largest absolute Gasteiger partial charge is 0.497 e. The monoisotopic (exact) mass is 357 g/mol. The van der Waals surface area contributed by atoms with Gasteiger partial charge >= 0.3 is 11.9 Å². The predicted molar refractivity (Wildman–Crippen MR) is 92.3 cm³/mol. The van der Waals surface area contributed by atoms with E-state index in [2.05, 4.69) is 26.1 Å². The summed E-state index contributed by atoms with van der Waals surface area (Å²) in [7, 11) is 1.64. The van der Waals surface area contributed by atoms with Crippen LogP contribution >= 0.6 is 0 Å². The van der Waals surface area contributed by atoms with Crippen molar-refractivity contribution in [3.63, 3.8) is 0 Å². The summed E-state index contributed by atoms with van der Waals surface area (Å²) in [4.78, 5) is 18.2. The van der Waals surface area contributed by atoms with Gasteiger partial charge in [0.1, 0.15) is 18.1 Å². The van der Waals surface area contributed by atoms with Crippen LogP contribution in [0, 0.1) is 0 Å². The molecule has 1 rings (SSSR count). The minimum atomic E-state index is -1.82. The maximum absolute atomic E-state index is 9.10. The molecule has 25 heavy (non-hydrogen) atoms. The van der Waals surface area contributed by atoms with E-state index in [1.165, 1.54) is 0 Å². The molecular formula is C17H27NO7. The van der Waals surface area contributed by atoms with Crippen molar-refractivity contribution in [2.75, 3.05) is 33.5 Å². The average molecular weight is 357 g/mol. The third-order valence-electron chi connectivity index (χ3n) is 2.62. The number of hydrogen-bond donors (Lipinski definition) is 3. The maximum Gasteiger partial charge on any atom is 0.414 e. The van der Waals surface area contributed by atoms with E-state index in [-0.39, 0.29) is 5.54 Å². The highest BCUT2D eigenvalue weighted by Gasteiger charge is 2.07. The Bertz CT molecular complexity index is 514. The number of benzene rings is 1. The topological polar surface area (TPSA) is 114 Å². The summed E-state index contributed by atoms with van der Waals surface area (Å²) < 4.78 is 16.2. The van der Waals surface area contributed by atoms with Crippen molar-refractivity contribution in [2.24, 2.45) is 0 Å². The van der Waals surface area contributed by atoms with Crippen LogP contribution in [0.2, 0.25) is 0 Å². The van der Waals surface area contributed by atoms with Crippen molar-refractivity contribution in [1.82, 2.24) is 5.32 Å². The van der Waals surface area contributed by atoms with Crippen molar-refractivity contribution in [3.8, 4) is 11.5 Å². The molecule has 0 fully saturated rings. The lowest BCUT2D eigenvalue weighted by atomic mass is 10.1. The summed E-state index contributed by atoms with van der Waals surface area (Å²) in [6.07, 6.45) is 0. The SMILES string of the molecule is COc1cccc(OCCOCCNC(C)(C)C)c1.O=C(O)C(=O)O. The standard InChI is InChI=1S/C15H25NO3.C2H2O4/c1-15(2,3)16-8-9-18-10-11-19-14-7-5-6-13(12-14)17-4;3-1(4)2(5)6/h5-7,12,16H,8-11H2,1-4H3;(H,3,4)(H,5,6). The zero-order valence-electron chi connectivity index (χ0n) is 15.1. The minimum absolute atomic E-state index is 0.139. The number of methoxy groups -OCH3 is 1. The normalized spacial score (nSPS) is 10.4. The van der Waals surface area contributed by atoms with Crippen molar-refractivity contribution in [3.05, 3.63) is 24.3 Å². The van der Waals surface area contributed by atoms with Gasteiger partial charge in [0.05, 0.1) is 20.3 Å². The third-order valence-corrected chi connectivity index (χ3v) is 2.62. The van der Waals surface area contributed by atoms with Gasteiger partial charge in [-0.25, -0.2) is 9.59 Å². The lowest BCUT2D eigenvalue weighted by molar-refractivity contribution is -0.159. The van der Waals surface area contributed by atoms with Crippen LogP contribution in [0.25, 0.3) is 0 Å². The van der Waals surface area contributed by atoms with Gasteiger partial charge in [-0.1, -0.05) is 6.07 Å². The molecule has 0 aliphatic rings. The molecule has 0 amide bonds. The average Bonchev–Trinajstić information content (AvgIpc) is 2.53. The van der Waals surface area contributed by atoms with Crippen LogP contribution in [0.4, 0.5) is 0 Å². The van der Waals surface area contributed by atoms with Crippen LogP contribution in [0.1, 0.15) is 20.8 Å². The van der Waals surface area contributed by atoms with Gasteiger partial charge in [-0.15, -0.1) is 0 Å². The molecule has 0 atom stereocenters. The highest BCUT2D eigenvalue weighted by molar-refractivity contribution is 6.27. The quantitative estimate of drug-likeness (QED) is 0.475. The van der Waals surface area contributed by atoms with E-state index in [0.29, 0.717) is 19.8 Å². The fourth-order valence-electron chi connectivity index (χ4n) is 1.51. The molecule has 0 heterocycles. The maximum atomic E-state index is 9.10. The Morgan fingerprint density at radius 1 is 1.04 bits per heavy atom. The van der Waals surface area contributed by atoms with Crippen molar-refractivity contribution in [2.45, 2.75) is 26.3 Å². The van der Waals surface area contributed by atoms with Crippen LogP contribution in [0.15, 0.2) is 24.3 Å². The van der Waals surface area contributed by atoms with Crippen LogP contribution in [0.5, 0.6) is 11.5 Å². The molecule has 1 aromatic rings. The number of carbonyl (C=O) groups is 2. The Kier molecular flexibility index (Phi) is 11.0. The molecule has 0 bridgehead atoms. The van der Waals surface area contributed by atoms with Crippen LogP contribution in [-0.4, -0.2) is 61.2 Å². The molecule has 0 saturated carbocycles. The minimum Gasteiger partial charge on any atom is -0.497 e. The third kappa shape index (κ3) is 13.8. The second-order valence-corrected chi connectivity index (χ2v) is 5.93. The number of hydrogen-bond acceptors (Lipinski definition) is 6. The molecule has 0 spiro atoms. The van der Waals surface area contributed by atoms with E-state index in [9.17, 15) is 0 Å². The van der Waals surface area contributed by atoms with E-state index >= 15 is 0 Å². The van der Waals surface area contributed by atoms with E-state index in [1.54, 1.807) is 7.11 Å². The van der Waals surface area contributed by atoms with Crippen molar-refractivity contribution >= 4 is 11.9 Å². The first kappa shape index (κ1) is 22.7. The fraction of sp³-hybridized carbons (Fsp3) is 0.529. The summed E-state index contributed by atoms with van der Waals surface area (Å²) in [5, 5.41) is 18.1. The number of ether oxygens (including phenoxy) is 3. The Hall–Kier alpha value is -2.32. The number of carboxylic acid groups (broad SMARTS) is 2. The summed E-state index contributed by atoms with van der Waals surface area (Å²) in [6, 6.07) is 7.56. The predicted octanol–water partition coefficient (Wildman–Crippen LogP) is 1.63.